The molecule has 0 aliphatic heterocycles. The highest BCUT2D eigenvalue weighted by atomic mass is 16.2. The van der Waals surface area contributed by atoms with E-state index in [1.165, 1.54) is 5.56 Å². The minimum Gasteiger partial charge on any atom is -0.347 e. The van der Waals surface area contributed by atoms with E-state index in [1.54, 1.807) is 4.90 Å². The predicted molar refractivity (Wildman–Crippen MR) is 86.2 cm³/mol. The molecule has 0 fully saturated rings. The molecule has 5 nitrogen and oxygen atoms in total. The fourth-order valence-electron chi connectivity index (χ4n) is 2.82. The molecule has 21 heavy (non-hydrogen) atoms. The van der Waals surface area contributed by atoms with Gasteiger partial charge in [-0.3, -0.25) is 14.8 Å². The van der Waals surface area contributed by atoms with Crippen LogP contribution in [-0.4, -0.2) is 40.7 Å². The van der Waals surface area contributed by atoms with Gasteiger partial charge in [0.05, 0.1) is 11.7 Å². The van der Waals surface area contributed by atoms with Crippen molar-refractivity contribution < 1.29 is 4.79 Å². The lowest BCUT2D eigenvalue weighted by Gasteiger charge is -2.27. The van der Waals surface area contributed by atoms with Crippen LogP contribution in [0, 0.1) is 19.8 Å². The number of aromatic nitrogens is 2. The number of carbonyl (C=O) groups is 1. The quantitative estimate of drug-likeness (QED) is 0.875. The predicted octanol–water partition coefficient (Wildman–Crippen LogP) is 2.19. The van der Waals surface area contributed by atoms with E-state index in [9.17, 15) is 4.79 Å². The van der Waals surface area contributed by atoms with Gasteiger partial charge in [-0.1, -0.05) is 13.8 Å². The standard InChI is InChI=1S/C16H30N4O/c1-10(2)9-14(16(21)19(6)7)17-11(3)15-12(4)18-20(8)13(15)5/h10-11,14,17H,9H2,1-8H3. The van der Waals surface area contributed by atoms with Gasteiger partial charge < -0.3 is 4.90 Å². The first-order chi connectivity index (χ1) is 9.65. The Hall–Kier alpha value is -1.36. The molecule has 0 aliphatic carbocycles. The number of amides is 1. The smallest absolute Gasteiger partial charge is 0.239 e. The van der Waals surface area contributed by atoms with Crippen LogP contribution in [0.15, 0.2) is 0 Å². The molecule has 1 amide bonds. The van der Waals surface area contributed by atoms with E-state index < -0.39 is 0 Å². The Morgan fingerprint density at radius 2 is 1.86 bits per heavy atom. The monoisotopic (exact) mass is 294 g/mol. The molecule has 2 unspecified atom stereocenters. The number of hydrogen-bond acceptors (Lipinski definition) is 3. The third-order valence-corrected chi connectivity index (χ3v) is 3.90. The maximum absolute atomic E-state index is 12.4. The van der Waals surface area contributed by atoms with Crippen LogP contribution < -0.4 is 5.32 Å². The number of nitrogens with one attached hydrogen (secondary N) is 1. The Morgan fingerprint density at radius 1 is 1.29 bits per heavy atom. The van der Waals surface area contributed by atoms with Crippen molar-refractivity contribution in [3.05, 3.63) is 17.0 Å². The van der Waals surface area contributed by atoms with E-state index in [4.69, 9.17) is 0 Å². The summed E-state index contributed by atoms with van der Waals surface area (Å²) in [6.07, 6.45) is 0.833. The van der Waals surface area contributed by atoms with Crippen molar-refractivity contribution in [3.8, 4) is 0 Å². The Labute approximate surface area is 128 Å². The summed E-state index contributed by atoms with van der Waals surface area (Å²) >= 11 is 0. The average molecular weight is 294 g/mol. The lowest BCUT2D eigenvalue weighted by atomic mass is 9.99. The zero-order valence-electron chi connectivity index (χ0n) is 14.7. The summed E-state index contributed by atoms with van der Waals surface area (Å²) in [5, 5.41) is 7.96. The third kappa shape index (κ3) is 4.30. The van der Waals surface area contributed by atoms with E-state index in [0.29, 0.717) is 5.92 Å². The SMILES string of the molecule is Cc1nn(C)c(C)c1C(C)NC(CC(C)C)C(=O)N(C)C. The van der Waals surface area contributed by atoms with Crippen LogP contribution in [0.2, 0.25) is 0 Å². The van der Waals surface area contributed by atoms with E-state index in [0.717, 1.165) is 17.8 Å². The summed E-state index contributed by atoms with van der Waals surface area (Å²) in [7, 11) is 5.57. The molecule has 0 saturated carbocycles. The Kier molecular flexibility index (Phi) is 5.96. The van der Waals surface area contributed by atoms with Gasteiger partial charge in [0.15, 0.2) is 0 Å². The van der Waals surface area contributed by atoms with Crippen LogP contribution >= 0.6 is 0 Å². The number of hydrogen-bond donors (Lipinski definition) is 1. The fourth-order valence-corrected chi connectivity index (χ4v) is 2.82. The van der Waals surface area contributed by atoms with Gasteiger partial charge in [0, 0.05) is 38.4 Å². The minimum absolute atomic E-state index is 0.103. The molecular formula is C16H30N4O. The van der Waals surface area contributed by atoms with Crippen LogP contribution in [0.4, 0.5) is 0 Å². The normalized spacial score (nSPS) is 14.3. The summed E-state index contributed by atoms with van der Waals surface area (Å²) < 4.78 is 1.90. The van der Waals surface area contributed by atoms with Gasteiger partial charge in [0.2, 0.25) is 5.91 Å². The number of nitrogens with zero attached hydrogens (tertiary/aromatic N) is 3. The van der Waals surface area contributed by atoms with Crippen LogP contribution in [0.1, 0.15) is 50.2 Å². The Balaban J connectivity index is 2.94. The van der Waals surface area contributed by atoms with Crippen LogP contribution in [0.3, 0.4) is 0 Å². The lowest BCUT2D eigenvalue weighted by Crippen LogP contribution is -2.45. The molecule has 120 valence electrons. The number of likely N-dealkylation sites (N-methyl/N-ethyl adjacent to an activating group) is 1. The summed E-state index contributed by atoms with van der Waals surface area (Å²) in [5.41, 5.74) is 3.36. The molecule has 5 heteroatoms. The van der Waals surface area contributed by atoms with Crippen molar-refractivity contribution in [1.29, 1.82) is 0 Å². The molecular weight excluding hydrogens is 264 g/mol. The molecule has 0 aliphatic rings. The highest BCUT2D eigenvalue weighted by Crippen LogP contribution is 2.22. The molecule has 0 saturated heterocycles. The van der Waals surface area contributed by atoms with Crippen molar-refractivity contribution in [2.45, 2.75) is 53.1 Å². The Morgan fingerprint density at radius 3 is 2.24 bits per heavy atom. The first kappa shape index (κ1) is 17.7. The highest BCUT2D eigenvalue weighted by molar-refractivity contribution is 5.81. The summed E-state index contributed by atoms with van der Waals surface area (Å²) in [6, 6.07) is -0.0552. The van der Waals surface area contributed by atoms with E-state index in [1.807, 2.05) is 32.7 Å². The van der Waals surface area contributed by atoms with Crippen LogP contribution in [0.25, 0.3) is 0 Å². The molecule has 1 aromatic rings. The van der Waals surface area contributed by atoms with Crippen molar-refractivity contribution in [3.63, 3.8) is 0 Å². The Bertz CT molecular complexity index is 491. The first-order valence-corrected chi connectivity index (χ1v) is 7.62. The second-order valence-electron chi connectivity index (χ2n) is 6.51. The average Bonchev–Trinajstić information content (AvgIpc) is 2.60. The largest absolute Gasteiger partial charge is 0.347 e. The molecule has 0 aromatic carbocycles. The van der Waals surface area contributed by atoms with Crippen molar-refractivity contribution in [2.75, 3.05) is 14.1 Å². The second kappa shape index (κ2) is 7.07. The number of carbonyl (C=O) groups excluding carboxylic acids is 1. The maximum atomic E-state index is 12.4. The van der Waals surface area contributed by atoms with Crippen molar-refractivity contribution >= 4 is 5.91 Å². The first-order valence-electron chi connectivity index (χ1n) is 7.62. The summed E-state index contributed by atoms with van der Waals surface area (Å²) in [4.78, 5) is 14.0. The van der Waals surface area contributed by atoms with E-state index in [2.05, 4.69) is 38.1 Å². The summed E-state index contributed by atoms with van der Waals surface area (Å²) in [5.74, 6) is 0.601. The minimum atomic E-state index is -0.158. The zero-order valence-corrected chi connectivity index (χ0v) is 14.7. The molecule has 2 atom stereocenters. The topological polar surface area (TPSA) is 50.2 Å². The zero-order chi connectivity index (χ0) is 16.3. The molecule has 1 rings (SSSR count). The maximum Gasteiger partial charge on any atom is 0.239 e. The molecule has 1 heterocycles. The molecule has 0 radical (unpaired) electrons. The second-order valence-corrected chi connectivity index (χ2v) is 6.51. The van der Waals surface area contributed by atoms with Gasteiger partial charge in [0.1, 0.15) is 0 Å². The van der Waals surface area contributed by atoms with Gasteiger partial charge in [-0.15, -0.1) is 0 Å². The van der Waals surface area contributed by atoms with Crippen molar-refractivity contribution in [1.82, 2.24) is 20.0 Å². The van der Waals surface area contributed by atoms with Gasteiger partial charge in [-0.05, 0) is 33.1 Å². The molecule has 1 aromatic heterocycles. The molecule has 0 spiro atoms. The number of aryl methyl sites for hydroxylation is 2. The van der Waals surface area contributed by atoms with E-state index >= 15 is 0 Å². The third-order valence-electron chi connectivity index (χ3n) is 3.90. The van der Waals surface area contributed by atoms with Gasteiger partial charge in [0.25, 0.3) is 0 Å². The van der Waals surface area contributed by atoms with Gasteiger partial charge >= 0.3 is 0 Å². The van der Waals surface area contributed by atoms with Gasteiger partial charge in [-0.25, -0.2) is 0 Å². The van der Waals surface area contributed by atoms with Crippen LogP contribution in [0.5, 0.6) is 0 Å². The number of rotatable bonds is 6. The summed E-state index contributed by atoms with van der Waals surface area (Å²) in [6.45, 7) is 10.5. The van der Waals surface area contributed by atoms with Gasteiger partial charge in [-0.2, -0.15) is 5.10 Å². The lowest BCUT2D eigenvalue weighted by molar-refractivity contribution is -0.131. The molecule has 1 N–H and O–H groups in total. The highest BCUT2D eigenvalue weighted by Gasteiger charge is 2.25. The fraction of sp³-hybridized carbons (Fsp3) is 0.750. The van der Waals surface area contributed by atoms with Crippen LogP contribution in [-0.2, 0) is 11.8 Å². The van der Waals surface area contributed by atoms with E-state index in [-0.39, 0.29) is 18.0 Å². The molecule has 0 bridgehead atoms. The van der Waals surface area contributed by atoms with Crippen molar-refractivity contribution in [2.24, 2.45) is 13.0 Å².